The van der Waals surface area contributed by atoms with Gasteiger partial charge in [-0.2, -0.15) is 0 Å². The first-order valence-corrected chi connectivity index (χ1v) is 9.65. The standard InChI is InChI=1S/C17H22N2O6S/c1-10-11(6-7-14(26(5,22)23)12(10)8-24-3)16(20)15-13(9-25-4)18-19(2)17(15)21/h6-7,18H,8-9H2,1-5H3. The molecule has 8 nitrogen and oxygen atoms in total. The van der Waals surface area contributed by atoms with Crippen LogP contribution in [0.5, 0.6) is 0 Å². The minimum absolute atomic E-state index is 0.0204. The molecular formula is C17H22N2O6S. The normalized spacial score (nSPS) is 11.7. The van der Waals surface area contributed by atoms with Gasteiger partial charge in [-0.05, 0) is 30.2 Å². The van der Waals surface area contributed by atoms with Crippen LogP contribution >= 0.6 is 0 Å². The lowest BCUT2D eigenvalue weighted by atomic mass is 9.96. The molecule has 0 aliphatic rings. The smallest absolute Gasteiger partial charge is 0.277 e. The van der Waals surface area contributed by atoms with Crippen LogP contribution in [0.15, 0.2) is 21.8 Å². The Labute approximate surface area is 151 Å². The first-order valence-electron chi connectivity index (χ1n) is 7.76. The fourth-order valence-electron chi connectivity index (χ4n) is 2.87. The molecule has 0 saturated carbocycles. The number of carbonyl (C=O) groups is 1. The van der Waals surface area contributed by atoms with Crippen LogP contribution in [0.1, 0.15) is 32.7 Å². The summed E-state index contributed by atoms with van der Waals surface area (Å²) in [7, 11) is 0.923. The molecule has 1 aromatic heterocycles. The molecule has 0 aliphatic heterocycles. The zero-order valence-electron chi connectivity index (χ0n) is 15.4. The van der Waals surface area contributed by atoms with Gasteiger partial charge in [0.1, 0.15) is 5.56 Å². The first kappa shape index (κ1) is 20.1. The van der Waals surface area contributed by atoms with Crippen LogP contribution in [0.4, 0.5) is 0 Å². The van der Waals surface area contributed by atoms with Crippen LogP contribution in [0.2, 0.25) is 0 Å². The average Bonchev–Trinajstić information content (AvgIpc) is 2.82. The van der Waals surface area contributed by atoms with Crippen LogP contribution in [-0.4, -0.2) is 44.5 Å². The van der Waals surface area contributed by atoms with E-state index in [2.05, 4.69) is 5.10 Å². The lowest BCUT2D eigenvalue weighted by Gasteiger charge is -2.14. The van der Waals surface area contributed by atoms with Crippen molar-refractivity contribution in [1.29, 1.82) is 0 Å². The lowest BCUT2D eigenvalue weighted by molar-refractivity contribution is 0.103. The predicted octanol–water partition coefficient (Wildman–Crippen LogP) is 0.949. The van der Waals surface area contributed by atoms with Crippen molar-refractivity contribution in [3.63, 3.8) is 0 Å². The van der Waals surface area contributed by atoms with E-state index in [1.165, 1.54) is 38.1 Å². The summed E-state index contributed by atoms with van der Waals surface area (Å²) in [5.41, 5.74) is 0.992. The number of hydrogen-bond donors (Lipinski definition) is 1. The number of carbonyl (C=O) groups excluding carboxylic acids is 1. The number of ketones is 1. The molecule has 9 heteroatoms. The van der Waals surface area contributed by atoms with Crippen molar-refractivity contribution in [2.24, 2.45) is 7.05 Å². The molecule has 0 bridgehead atoms. The summed E-state index contributed by atoms with van der Waals surface area (Å²) >= 11 is 0. The van der Waals surface area contributed by atoms with Crippen molar-refractivity contribution >= 4 is 15.6 Å². The molecule has 0 atom stereocenters. The van der Waals surface area contributed by atoms with Crippen LogP contribution < -0.4 is 5.56 Å². The highest BCUT2D eigenvalue weighted by atomic mass is 32.2. The topological polar surface area (TPSA) is 107 Å². The summed E-state index contributed by atoms with van der Waals surface area (Å²) in [4.78, 5) is 25.5. The van der Waals surface area contributed by atoms with Gasteiger partial charge in [0.25, 0.3) is 5.56 Å². The van der Waals surface area contributed by atoms with Gasteiger partial charge < -0.3 is 9.47 Å². The van der Waals surface area contributed by atoms with Gasteiger partial charge in [0, 0.05) is 33.1 Å². The fourth-order valence-corrected chi connectivity index (χ4v) is 3.85. The number of H-pyrrole nitrogens is 1. The average molecular weight is 382 g/mol. The van der Waals surface area contributed by atoms with E-state index in [0.717, 1.165) is 6.26 Å². The molecule has 0 saturated heterocycles. The van der Waals surface area contributed by atoms with Crippen molar-refractivity contribution in [1.82, 2.24) is 9.78 Å². The van der Waals surface area contributed by atoms with Crippen molar-refractivity contribution in [2.75, 3.05) is 20.5 Å². The van der Waals surface area contributed by atoms with Crippen molar-refractivity contribution in [3.8, 4) is 0 Å². The minimum Gasteiger partial charge on any atom is -0.380 e. The summed E-state index contributed by atoms with van der Waals surface area (Å²) in [5.74, 6) is -0.492. The zero-order valence-corrected chi connectivity index (χ0v) is 16.2. The number of nitrogens with zero attached hydrogens (tertiary/aromatic N) is 1. The third-order valence-corrected chi connectivity index (χ3v) is 5.31. The monoisotopic (exact) mass is 382 g/mol. The third kappa shape index (κ3) is 3.64. The number of ether oxygens (including phenoxy) is 2. The Morgan fingerprint density at radius 2 is 1.81 bits per heavy atom. The molecule has 0 fully saturated rings. The van der Waals surface area contributed by atoms with Gasteiger partial charge in [0.05, 0.1) is 23.8 Å². The molecule has 26 heavy (non-hydrogen) atoms. The molecular weight excluding hydrogens is 360 g/mol. The fraction of sp³-hybridized carbons (Fsp3) is 0.412. The molecule has 0 amide bonds. The molecule has 1 N–H and O–H groups in total. The Hall–Kier alpha value is -2.23. The first-order chi connectivity index (χ1) is 12.1. The van der Waals surface area contributed by atoms with Crippen LogP contribution in [-0.2, 0) is 39.6 Å². The minimum atomic E-state index is -3.49. The molecule has 0 radical (unpaired) electrons. The molecule has 0 spiro atoms. The van der Waals surface area contributed by atoms with Gasteiger partial charge in [-0.3, -0.25) is 19.4 Å². The lowest BCUT2D eigenvalue weighted by Crippen LogP contribution is -2.21. The van der Waals surface area contributed by atoms with Crippen molar-refractivity contribution < 1.29 is 22.7 Å². The molecule has 0 aliphatic carbocycles. The van der Waals surface area contributed by atoms with Gasteiger partial charge in [-0.1, -0.05) is 0 Å². The summed E-state index contributed by atoms with van der Waals surface area (Å²) in [6, 6.07) is 2.80. The second-order valence-corrected chi connectivity index (χ2v) is 8.00. The molecule has 1 heterocycles. The number of methoxy groups -OCH3 is 2. The number of sulfone groups is 1. The maximum Gasteiger partial charge on any atom is 0.277 e. The summed E-state index contributed by atoms with van der Waals surface area (Å²) in [6.07, 6.45) is 1.10. The van der Waals surface area contributed by atoms with E-state index in [1.807, 2.05) is 0 Å². The molecule has 2 rings (SSSR count). The highest BCUT2D eigenvalue weighted by molar-refractivity contribution is 7.90. The van der Waals surface area contributed by atoms with Gasteiger partial charge in [0.15, 0.2) is 9.84 Å². The number of aromatic nitrogens is 2. The van der Waals surface area contributed by atoms with Crippen LogP contribution in [0.25, 0.3) is 0 Å². The summed E-state index contributed by atoms with van der Waals surface area (Å²) in [6.45, 7) is 1.75. The number of nitrogens with one attached hydrogen (secondary N) is 1. The molecule has 142 valence electrons. The van der Waals surface area contributed by atoms with E-state index in [-0.39, 0.29) is 29.2 Å². The van der Waals surface area contributed by atoms with E-state index in [9.17, 15) is 18.0 Å². The maximum atomic E-state index is 13.0. The summed E-state index contributed by atoms with van der Waals surface area (Å²) in [5, 5.41) is 2.80. The van der Waals surface area contributed by atoms with Crippen molar-refractivity contribution in [2.45, 2.75) is 25.0 Å². The second-order valence-electron chi connectivity index (χ2n) is 6.01. The number of hydrogen-bond acceptors (Lipinski definition) is 6. The Balaban J connectivity index is 2.69. The largest absolute Gasteiger partial charge is 0.380 e. The van der Waals surface area contributed by atoms with Gasteiger partial charge in [-0.25, -0.2) is 8.42 Å². The molecule has 1 aromatic carbocycles. The Kier molecular flexibility index (Phi) is 5.84. The number of aryl methyl sites for hydroxylation is 1. The Morgan fingerprint density at radius 1 is 1.19 bits per heavy atom. The summed E-state index contributed by atoms with van der Waals surface area (Å²) < 4.78 is 35.4. The van der Waals surface area contributed by atoms with Gasteiger partial charge >= 0.3 is 0 Å². The number of benzene rings is 1. The number of aromatic amines is 1. The van der Waals surface area contributed by atoms with Gasteiger partial charge in [-0.15, -0.1) is 0 Å². The van der Waals surface area contributed by atoms with Gasteiger partial charge in [0.2, 0.25) is 5.78 Å². The molecule has 2 aromatic rings. The van der Waals surface area contributed by atoms with Crippen LogP contribution in [0.3, 0.4) is 0 Å². The quantitative estimate of drug-likeness (QED) is 0.715. The predicted molar refractivity (Wildman–Crippen MR) is 95.2 cm³/mol. The Morgan fingerprint density at radius 3 is 2.35 bits per heavy atom. The highest BCUT2D eigenvalue weighted by Gasteiger charge is 2.25. The van der Waals surface area contributed by atoms with E-state index >= 15 is 0 Å². The van der Waals surface area contributed by atoms with Crippen molar-refractivity contribution in [3.05, 3.63) is 50.4 Å². The van der Waals surface area contributed by atoms with E-state index in [1.54, 1.807) is 6.92 Å². The van der Waals surface area contributed by atoms with E-state index < -0.39 is 21.2 Å². The Bertz CT molecular complexity index is 1000. The van der Waals surface area contributed by atoms with Crippen LogP contribution in [0, 0.1) is 6.92 Å². The SMILES string of the molecule is COCc1[nH]n(C)c(=O)c1C(=O)c1ccc(S(C)(=O)=O)c(COC)c1C. The zero-order chi connectivity index (χ0) is 19.6. The second kappa shape index (κ2) is 7.56. The highest BCUT2D eigenvalue weighted by Crippen LogP contribution is 2.25. The molecule has 0 unspecified atom stereocenters. The van der Waals surface area contributed by atoms with E-state index in [0.29, 0.717) is 16.8 Å². The van der Waals surface area contributed by atoms with E-state index in [4.69, 9.17) is 9.47 Å². The maximum absolute atomic E-state index is 13.0. The number of rotatable bonds is 7. The third-order valence-electron chi connectivity index (χ3n) is 4.13.